The molecule has 1 aromatic carbocycles. The summed E-state index contributed by atoms with van der Waals surface area (Å²) in [5, 5.41) is 2.38. The van der Waals surface area contributed by atoms with E-state index in [0.717, 1.165) is 6.07 Å². The Morgan fingerprint density at radius 3 is 2.70 bits per heavy atom. The van der Waals surface area contributed by atoms with Gasteiger partial charge in [-0.3, -0.25) is 4.79 Å². The van der Waals surface area contributed by atoms with Crippen LogP contribution in [0.1, 0.15) is 10.4 Å². The molecule has 1 heterocycles. The third-order valence-electron chi connectivity index (χ3n) is 2.45. The molecule has 2 aromatic rings. The normalized spacial score (nSPS) is 10.2. The number of anilines is 2. The zero-order chi connectivity index (χ0) is 14.7. The molecule has 0 spiro atoms. The van der Waals surface area contributed by atoms with E-state index in [0.29, 0.717) is 0 Å². The minimum atomic E-state index is -0.884. The standard InChI is InChI=1S/C12H9BrF2N4O/c13-8-2-1-6(5-9(8)14)18-12(20)7-3-4-17-11(19-16)10(7)15/h1-5H,16H2,(H,17,19)(H,18,20). The molecule has 20 heavy (non-hydrogen) atoms. The van der Waals surface area contributed by atoms with Gasteiger partial charge in [-0.15, -0.1) is 0 Å². The monoisotopic (exact) mass is 342 g/mol. The summed E-state index contributed by atoms with van der Waals surface area (Å²) in [4.78, 5) is 15.5. The minimum absolute atomic E-state index is 0.203. The van der Waals surface area contributed by atoms with Crippen LogP contribution >= 0.6 is 15.9 Å². The second-order valence-corrected chi connectivity index (χ2v) is 4.60. The van der Waals surface area contributed by atoms with Gasteiger partial charge >= 0.3 is 0 Å². The summed E-state index contributed by atoms with van der Waals surface area (Å²) in [5.41, 5.74) is 1.99. The molecule has 0 saturated heterocycles. The van der Waals surface area contributed by atoms with Gasteiger partial charge in [0, 0.05) is 11.9 Å². The molecule has 104 valence electrons. The van der Waals surface area contributed by atoms with Crippen molar-refractivity contribution in [1.29, 1.82) is 0 Å². The highest BCUT2D eigenvalue weighted by molar-refractivity contribution is 9.10. The number of nitrogens with two attached hydrogens (primary N) is 1. The van der Waals surface area contributed by atoms with E-state index in [-0.39, 0.29) is 21.5 Å². The van der Waals surface area contributed by atoms with E-state index in [9.17, 15) is 13.6 Å². The molecule has 0 aliphatic heterocycles. The fraction of sp³-hybridized carbons (Fsp3) is 0. The summed E-state index contributed by atoms with van der Waals surface area (Å²) in [5.74, 6) is 2.66. The molecule has 0 unspecified atom stereocenters. The molecule has 0 bridgehead atoms. The fourth-order valence-corrected chi connectivity index (χ4v) is 1.74. The van der Waals surface area contributed by atoms with Crippen LogP contribution < -0.4 is 16.6 Å². The van der Waals surface area contributed by atoms with Crippen LogP contribution in [0.15, 0.2) is 34.9 Å². The van der Waals surface area contributed by atoms with Crippen molar-refractivity contribution in [2.45, 2.75) is 0 Å². The van der Waals surface area contributed by atoms with Crippen molar-refractivity contribution in [3.8, 4) is 0 Å². The first-order valence-electron chi connectivity index (χ1n) is 5.40. The quantitative estimate of drug-likeness (QED) is 0.591. The molecule has 4 N–H and O–H groups in total. The zero-order valence-electron chi connectivity index (χ0n) is 9.95. The van der Waals surface area contributed by atoms with Gasteiger partial charge in [0.2, 0.25) is 0 Å². The summed E-state index contributed by atoms with van der Waals surface area (Å²) >= 11 is 2.99. The fourth-order valence-electron chi connectivity index (χ4n) is 1.49. The smallest absolute Gasteiger partial charge is 0.258 e. The van der Waals surface area contributed by atoms with Gasteiger partial charge in [0.05, 0.1) is 10.0 Å². The van der Waals surface area contributed by atoms with Crippen molar-refractivity contribution >= 4 is 33.3 Å². The third-order valence-corrected chi connectivity index (χ3v) is 3.09. The van der Waals surface area contributed by atoms with Gasteiger partial charge in [-0.2, -0.15) is 0 Å². The van der Waals surface area contributed by atoms with Crippen LogP contribution in [0.3, 0.4) is 0 Å². The van der Waals surface area contributed by atoms with E-state index >= 15 is 0 Å². The van der Waals surface area contributed by atoms with E-state index in [2.05, 4.69) is 26.2 Å². The van der Waals surface area contributed by atoms with Gasteiger partial charge in [0.1, 0.15) is 5.82 Å². The molecule has 0 atom stereocenters. The molecule has 1 aromatic heterocycles. The van der Waals surface area contributed by atoms with E-state index in [4.69, 9.17) is 5.84 Å². The zero-order valence-corrected chi connectivity index (χ0v) is 11.5. The molecule has 2 rings (SSSR count). The predicted molar refractivity (Wildman–Crippen MR) is 74.1 cm³/mol. The first-order valence-corrected chi connectivity index (χ1v) is 6.19. The first-order chi connectivity index (χ1) is 9.52. The Morgan fingerprint density at radius 1 is 1.30 bits per heavy atom. The number of benzene rings is 1. The number of carbonyl (C=O) groups excluding carboxylic acids is 1. The summed E-state index contributed by atoms with van der Waals surface area (Å²) in [7, 11) is 0. The topological polar surface area (TPSA) is 80.0 Å². The van der Waals surface area contributed by atoms with Crippen LogP contribution in [0.25, 0.3) is 0 Å². The van der Waals surface area contributed by atoms with Gasteiger partial charge in [-0.25, -0.2) is 19.6 Å². The summed E-state index contributed by atoms with van der Waals surface area (Å²) < 4.78 is 27.4. The number of amides is 1. The Balaban J connectivity index is 2.26. The van der Waals surface area contributed by atoms with E-state index in [1.54, 1.807) is 0 Å². The molecule has 0 aliphatic carbocycles. The van der Waals surface area contributed by atoms with E-state index in [1.807, 2.05) is 5.43 Å². The van der Waals surface area contributed by atoms with Gasteiger partial charge in [-0.05, 0) is 40.2 Å². The first kappa shape index (κ1) is 14.4. The molecule has 5 nitrogen and oxygen atoms in total. The van der Waals surface area contributed by atoms with Crippen molar-refractivity contribution < 1.29 is 13.6 Å². The minimum Gasteiger partial charge on any atom is -0.322 e. The van der Waals surface area contributed by atoms with Gasteiger partial charge in [0.25, 0.3) is 5.91 Å². The second kappa shape index (κ2) is 5.93. The van der Waals surface area contributed by atoms with Crippen LogP contribution in [0.5, 0.6) is 0 Å². The van der Waals surface area contributed by atoms with Crippen molar-refractivity contribution in [2.24, 2.45) is 5.84 Å². The number of nitrogen functional groups attached to an aromatic ring is 1. The van der Waals surface area contributed by atoms with E-state index < -0.39 is 17.5 Å². The Kier molecular flexibility index (Phi) is 4.26. The largest absolute Gasteiger partial charge is 0.322 e. The number of hydrogen-bond donors (Lipinski definition) is 3. The van der Waals surface area contributed by atoms with Crippen LogP contribution in [0, 0.1) is 11.6 Å². The van der Waals surface area contributed by atoms with Crippen LogP contribution in [-0.2, 0) is 0 Å². The third kappa shape index (κ3) is 2.91. The molecule has 8 heteroatoms. The van der Waals surface area contributed by atoms with Crippen molar-refractivity contribution in [3.05, 3.63) is 52.1 Å². The maximum atomic E-state index is 13.8. The Bertz CT molecular complexity index is 666. The van der Waals surface area contributed by atoms with Crippen molar-refractivity contribution in [3.63, 3.8) is 0 Å². The number of hydrogen-bond acceptors (Lipinski definition) is 4. The molecule has 0 aliphatic rings. The summed E-state index contributed by atoms with van der Waals surface area (Å²) in [6.45, 7) is 0. The number of nitrogens with zero attached hydrogens (tertiary/aromatic N) is 1. The predicted octanol–water partition coefficient (Wildman–Crippen LogP) is 2.66. The molecular weight excluding hydrogens is 334 g/mol. The number of hydrazine groups is 1. The average Bonchev–Trinajstić information content (AvgIpc) is 2.43. The second-order valence-electron chi connectivity index (χ2n) is 3.75. The van der Waals surface area contributed by atoms with Gasteiger partial charge in [-0.1, -0.05) is 0 Å². The molecular formula is C12H9BrF2N4O. The molecule has 0 saturated carbocycles. The van der Waals surface area contributed by atoms with Crippen molar-refractivity contribution in [1.82, 2.24) is 4.98 Å². The van der Waals surface area contributed by atoms with Crippen LogP contribution in [0.4, 0.5) is 20.3 Å². The maximum Gasteiger partial charge on any atom is 0.258 e. The molecule has 0 fully saturated rings. The number of pyridine rings is 1. The van der Waals surface area contributed by atoms with Crippen LogP contribution in [0.2, 0.25) is 0 Å². The lowest BCUT2D eigenvalue weighted by atomic mass is 10.2. The van der Waals surface area contributed by atoms with Crippen molar-refractivity contribution in [2.75, 3.05) is 10.7 Å². The van der Waals surface area contributed by atoms with Crippen LogP contribution in [-0.4, -0.2) is 10.9 Å². The molecule has 1 amide bonds. The number of nitrogens with one attached hydrogen (secondary N) is 2. The lowest BCUT2D eigenvalue weighted by Gasteiger charge is -2.08. The Hall–Kier alpha value is -2.06. The Morgan fingerprint density at radius 2 is 2.05 bits per heavy atom. The van der Waals surface area contributed by atoms with Gasteiger partial charge < -0.3 is 10.7 Å². The Labute approximate surface area is 121 Å². The highest BCUT2D eigenvalue weighted by atomic mass is 79.9. The highest BCUT2D eigenvalue weighted by Gasteiger charge is 2.16. The lowest BCUT2D eigenvalue weighted by molar-refractivity contribution is 0.102. The maximum absolute atomic E-state index is 13.8. The van der Waals surface area contributed by atoms with Gasteiger partial charge in [0.15, 0.2) is 11.6 Å². The number of halogens is 3. The lowest BCUT2D eigenvalue weighted by Crippen LogP contribution is -2.17. The number of rotatable bonds is 3. The summed E-state index contributed by atoms with van der Waals surface area (Å²) in [6.07, 6.45) is 1.23. The number of aromatic nitrogens is 1. The highest BCUT2D eigenvalue weighted by Crippen LogP contribution is 2.21. The molecule has 0 radical (unpaired) electrons. The summed E-state index contributed by atoms with van der Waals surface area (Å²) in [6, 6.07) is 5.22. The van der Waals surface area contributed by atoms with E-state index in [1.165, 1.54) is 24.4 Å². The number of carbonyl (C=O) groups is 1. The average molecular weight is 343 g/mol. The SMILES string of the molecule is NNc1nccc(C(=O)Nc2ccc(Br)c(F)c2)c1F.